The molecule has 0 bridgehead atoms. The van der Waals surface area contributed by atoms with Gasteiger partial charge in [-0.3, -0.25) is 9.59 Å². The van der Waals surface area contributed by atoms with Crippen molar-refractivity contribution in [1.29, 1.82) is 0 Å². The molecule has 6 heteroatoms. The number of Topliss-reactive ketones (excluding diaryl/α,β-unsaturated/α-hetero) is 1. The van der Waals surface area contributed by atoms with Gasteiger partial charge in [-0.15, -0.1) is 0 Å². The van der Waals surface area contributed by atoms with E-state index in [4.69, 9.17) is 11.6 Å². The molecule has 4 nitrogen and oxygen atoms in total. The van der Waals surface area contributed by atoms with Crippen LogP contribution in [0.1, 0.15) is 16.1 Å². The lowest BCUT2D eigenvalue weighted by atomic mass is 10.0. The number of hydrogen-bond donors (Lipinski definition) is 1. The van der Waals surface area contributed by atoms with Crippen LogP contribution in [0, 0.1) is 5.82 Å². The van der Waals surface area contributed by atoms with Gasteiger partial charge in [0.2, 0.25) is 0 Å². The number of nitrogens with one attached hydrogen (secondary N) is 1. The normalized spacial score (nSPS) is 10.8. The van der Waals surface area contributed by atoms with Crippen LogP contribution in [0.2, 0.25) is 5.02 Å². The van der Waals surface area contributed by atoms with Gasteiger partial charge in [0.1, 0.15) is 11.5 Å². The summed E-state index contributed by atoms with van der Waals surface area (Å²) < 4.78 is 15.0. The van der Waals surface area contributed by atoms with Crippen LogP contribution in [0.25, 0.3) is 16.6 Å². The highest BCUT2D eigenvalue weighted by Gasteiger charge is 2.24. The van der Waals surface area contributed by atoms with E-state index in [1.807, 2.05) is 18.2 Å². The first-order chi connectivity index (χ1) is 14.0. The number of carbonyl (C=O) groups excluding carboxylic acids is 2. The number of amides is 1. The van der Waals surface area contributed by atoms with Gasteiger partial charge in [-0.2, -0.15) is 0 Å². The van der Waals surface area contributed by atoms with Crippen molar-refractivity contribution in [2.45, 2.75) is 6.54 Å². The number of halogens is 2. The molecule has 0 saturated heterocycles. The van der Waals surface area contributed by atoms with Crippen LogP contribution >= 0.6 is 11.6 Å². The molecule has 0 unspecified atom stereocenters. The van der Waals surface area contributed by atoms with Crippen LogP contribution in [-0.2, 0) is 11.3 Å². The van der Waals surface area contributed by atoms with E-state index in [-0.39, 0.29) is 18.1 Å². The third-order valence-electron chi connectivity index (χ3n) is 4.62. The molecule has 4 aromatic rings. The maximum absolute atomic E-state index is 13.3. The van der Waals surface area contributed by atoms with Crippen molar-refractivity contribution in [2.24, 2.45) is 0 Å². The van der Waals surface area contributed by atoms with Gasteiger partial charge in [-0.05, 0) is 53.6 Å². The molecule has 144 valence electrons. The summed E-state index contributed by atoms with van der Waals surface area (Å²) in [6.07, 6.45) is 1.72. The molecule has 2 heterocycles. The number of ketones is 1. The molecule has 1 amide bonds. The number of nitrogens with zero attached hydrogens (tertiary/aromatic N) is 1. The van der Waals surface area contributed by atoms with Crippen molar-refractivity contribution in [3.8, 4) is 11.1 Å². The van der Waals surface area contributed by atoms with Crippen molar-refractivity contribution in [1.82, 2.24) is 9.72 Å². The summed E-state index contributed by atoms with van der Waals surface area (Å²) in [5, 5.41) is 3.25. The van der Waals surface area contributed by atoms with Crippen LogP contribution in [-0.4, -0.2) is 16.1 Å². The van der Waals surface area contributed by atoms with Crippen LogP contribution < -0.4 is 5.32 Å². The van der Waals surface area contributed by atoms with E-state index in [0.29, 0.717) is 16.1 Å². The van der Waals surface area contributed by atoms with Crippen molar-refractivity contribution in [2.75, 3.05) is 0 Å². The highest BCUT2D eigenvalue weighted by Crippen LogP contribution is 2.28. The maximum Gasteiger partial charge on any atom is 0.294 e. The second-order valence-electron chi connectivity index (χ2n) is 6.55. The summed E-state index contributed by atoms with van der Waals surface area (Å²) in [5.41, 5.74) is 3.06. The summed E-state index contributed by atoms with van der Waals surface area (Å²) >= 11 is 5.87. The fraction of sp³-hybridized carbons (Fsp3) is 0.0435. The topological polar surface area (TPSA) is 50.6 Å². The third-order valence-corrected chi connectivity index (χ3v) is 4.87. The average molecular weight is 407 g/mol. The lowest BCUT2D eigenvalue weighted by molar-refractivity contribution is -0.117. The average Bonchev–Trinajstić information content (AvgIpc) is 3.12. The van der Waals surface area contributed by atoms with Gasteiger partial charge in [0.05, 0.1) is 0 Å². The zero-order chi connectivity index (χ0) is 20.4. The Kier molecular flexibility index (Phi) is 5.14. The third kappa shape index (κ3) is 3.91. The first-order valence-electron chi connectivity index (χ1n) is 8.96. The Morgan fingerprint density at radius 1 is 0.966 bits per heavy atom. The van der Waals surface area contributed by atoms with E-state index in [2.05, 4.69) is 5.32 Å². The Bertz CT molecular complexity index is 1200. The number of hydrogen-bond acceptors (Lipinski definition) is 2. The van der Waals surface area contributed by atoms with Gasteiger partial charge in [0.25, 0.3) is 11.7 Å². The van der Waals surface area contributed by atoms with Gasteiger partial charge in [-0.1, -0.05) is 41.9 Å². The Morgan fingerprint density at radius 2 is 1.69 bits per heavy atom. The molecule has 0 aliphatic rings. The molecule has 29 heavy (non-hydrogen) atoms. The van der Waals surface area contributed by atoms with Gasteiger partial charge < -0.3 is 9.72 Å². The second-order valence-corrected chi connectivity index (χ2v) is 6.98. The Labute approximate surface area is 171 Å². The largest absolute Gasteiger partial charge is 0.345 e. The van der Waals surface area contributed by atoms with E-state index in [1.165, 1.54) is 12.1 Å². The monoisotopic (exact) mass is 406 g/mol. The number of pyridine rings is 1. The summed E-state index contributed by atoms with van der Waals surface area (Å²) in [6, 6.07) is 20.1. The highest BCUT2D eigenvalue weighted by atomic mass is 35.5. The number of fused-ring (bicyclic) bond motifs is 1. The molecule has 4 rings (SSSR count). The summed E-state index contributed by atoms with van der Waals surface area (Å²) in [6.45, 7) is 0.205. The van der Waals surface area contributed by atoms with E-state index >= 15 is 0 Å². The van der Waals surface area contributed by atoms with Crippen molar-refractivity contribution < 1.29 is 14.0 Å². The molecule has 2 aromatic heterocycles. The summed E-state index contributed by atoms with van der Waals surface area (Å²) in [4.78, 5) is 25.6. The minimum absolute atomic E-state index is 0.205. The summed E-state index contributed by atoms with van der Waals surface area (Å²) in [7, 11) is 0. The van der Waals surface area contributed by atoms with Crippen LogP contribution in [0.3, 0.4) is 0 Å². The van der Waals surface area contributed by atoms with Gasteiger partial charge in [0, 0.05) is 28.8 Å². The Balaban J connectivity index is 1.67. The minimum Gasteiger partial charge on any atom is -0.345 e. The standard InChI is InChI=1S/C23H16ClFN2O2/c24-17-8-4-15(5-9-17)14-26-23(29)22(28)21-20(16-6-10-18(25)11-7-16)13-19-3-1-2-12-27(19)21/h1-13H,14H2,(H,26,29). The number of benzene rings is 2. The van der Waals surface area contributed by atoms with Crippen molar-refractivity contribution in [3.05, 3.63) is 101 Å². The zero-order valence-electron chi connectivity index (χ0n) is 15.2. The molecule has 0 spiro atoms. The Morgan fingerprint density at radius 3 is 2.41 bits per heavy atom. The van der Waals surface area contributed by atoms with Crippen LogP contribution in [0.4, 0.5) is 4.39 Å². The van der Waals surface area contributed by atoms with Gasteiger partial charge >= 0.3 is 0 Å². The molecule has 1 N–H and O–H groups in total. The molecule has 0 aliphatic heterocycles. The molecule has 0 fully saturated rings. The highest BCUT2D eigenvalue weighted by molar-refractivity contribution is 6.43. The maximum atomic E-state index is 13.3. The SMILES string of the molecule is O=C(NCc1ccc(Cl)cc1)C(=O)c1c(-c2ccc(F)cc2)cc2ccccn12. The van der Waals surface area contributed by atoms with E-state index < -0.39 is 11.7 Å². The van der Waals surface area contributed by atoms with E-state index in [9.17, 15) is 14.0 Å². The molecule has 0 atom stereocenters. The molecular weight excluding hydrogens is 391 g/mol. The fourth-order valence-corrected chi connectivity index (χ4v) is 3.30. The molecule has 2 aromatic carbocycles. The Hall–Kier alpha value is -3.44. The lowest BCUT2D eigenvalue weighted by Gasteiger charge is -2.08. The van der Waals surface area contributed by atoms with Gasteiger partial charge in [0.15, 0.2) is 0 Å². The van der Waals surface area contributed by atoms with Crippen molar-refractivity contribution >= 4 is 28.8 Å². The van der Waals surface area contributed by atoms with E-state index in [1.54, 1.807) is 53.1 Å². The van der Waals surface area contributed by atoms with Crippen LogP contribution in [0.15, 0.2) is 79.0 Å². The first-order valence-corrected chi connectivity index (χ1v) is 9.34. The first kappa shape index (κ1) is 18.9. The summed E-state index contributed by atoms with van der Waals surface area (Å²) in [5.74, 6) is -1.75. The smallest absolute Gasteiger partial charge is 0.294 e. The molecular formula is C23H16ClFN2O2. The predicted octanol–water partition coefficient (Wildman–Crippen LogP) is 4.90. The van der Waals surface area contributed by atoms with Crippen molar-refractivity contribution in [3.63, 3.8) is 0 Å². The zero-order valence-corrected chi connectivity index (χ0v) is 16.0. The number of rotatable bonds is 5. The second kappa shape index (κ2) is 7.89. The predicted molar refractivity (Wildman–Crippen MR) is 110 cm³/mol. The number of aromatic nitrogens is 1. The molecule has 0 radical (unpaired) electrons. The van der Waals surface area contributed by atoms with Gasteiger partial charge in [-0.25, -0.2) is 4.39 Å². The van der Waals surface area contributed by atoms with E-state index in [0.717, 1.165) is 11.1 Å². The fourth-order valence-electron chi connectivity index (χ4n) is 3.18. The molecule has 0 saturated carbocycles. The van der Waals surface area contributed by atoms with Crippen LogP contribution in [0.5, 0.6) is 0 Å². The number of carbonyl (C=O) groups is 2. The molecule has 0 aliphatic carbocycles. The minimum atomic E-state index is -0.716. The lowest BCUT2D eigenvalue weighted by Crippen LogP contribution is -2.31. The quantitative estimate of drug-likeness (QED) is 0.378.